The number of nitrogen functional groups attached to an aromatic ring is 1. The van der Waals surface area contributed by atoms with Gasteiger partial charge in [-0.1, -0.05) is 0 Å². The Morgan fingerprint density at radius 1 is 0.969 bits per heavy atom. The van der Waals surface area contributed by atoms with Gasteiger partial charge in [-0.2, -0.15) is 0 Å². The molecule has 0 bridgehead atoms. The minimum absolute atomic E-state index is 0.00627. The van der Waals surface area contributed by atoms with Crippen LogP contribution in [-0.2, 0) is 4.74 Å². The Hall–Kier alpha value is -3.82. The van der Waals surface area contributed by atoms with Gasteiger partial charge in [0.1, 0.15) is 11.4 Å². The van der Waals surface area contributed by atoms with Crippen LogP contribution < -0.4 is 21.5 Å². The molecule has 2 aliphatic rings. The number of amides is 3. The van der Waals surface area contributed by atoms with Crippen LogP contribution in [0.4, 0.5) is 16.3 Å². The second-order valence-electron chi connectivity index (χ2n) is 8.75. The Labute approximate surface area is 184 Å². The van der Waals surface area contributed by atoms with Gasteiger partial charge in [0, 0.05) is 37.9 Å². The molecule has 0 atom stereocenters. The first kappa shape index (κ1) is 21.4. The third-order valence-electron chi connectivity index (χ3n) is 5.36. The molecule has 0 spiro atoms. The van der Waals surface area contributed by atoms with Crippen molar-refractivity contribution in [3.63, 3.8) is 0 Å². The number of hydrogen-bond acceptors (Lipinski definition) is 7. The summed E-state index contributed by atoms with van der Waals surface area (Å²) in [7, 11) is 0. The van der Waals surface area contributed by atoms with E-state index in [1.54, 1.807) is 17.0 Å². The molecule has 10 nitrogen and oxygen atoms in total. The van der Waals surface area contributed by atoms with E-state index in [1.807, 2.05) is 32.9 Å². The smallest absolute Gasteiger partial charge is 0.410 e. The molecular formula is C22H25N5O5. The Kier molecular flexibility index (Phi) is 5.15. The van der Waals surface area contributed by atoms with Gasteiger partial charge in [0.05, 0.1) is 16.8 Å². The molecule has 1 saturated heterocycles. The van der Waals surface area contributed by atoms with E-state index >= 15 is 0 Å². The van der Waals surface area contributed by atoms with Crippen LogP contribution in [0.25, 0.3) is 5.69 Å². The Morgan fingerprint density at radius 3 is 2.16 bits per heavy atom. The van der Waals surface area contributed by atoms with Crippen LogP contribution in [0.3, 0.4) is 0 Å². The maximum absolute atomic E-state index is 12.6. The van der Waals surface area contributed by atoms with E-state index in [9.17, 15) is 19.2 Å². The first-order chi connectivity index (χ1) is 15.0. The van der Waals surface area contributed by atoms with Crippen LogP contribution in [0, 0.1) is 0 Å². The molecule has 0 radical (unpaired) electrons. The zero-order chi connectivity index (χ0) is 23.2. The number of benzene rings is 1. The maximum atomic E-state index is 12.6. The third-order valence-corrected chi connectivity index (χ3v) is 5.36. The molecule has 1 fully saturated rings. The van der Waals surface area contributed by atoms with Gasteiger partial charge in [0.2, 0.25) is 0 Å². The summed E-state index contributed by atoms with van der Waals surface area (Å²) in [6.07, 6.45) is -0.318. The van der Waals surface area contributed by atoms with E-state index in [4.69, 9.17) is 10.5 Å². The number of anilines is 2. The van der Waals surface area contributed by atoms with Crippen LogP contribution in [0.15, 0.2) is 35.1 Å². The summed E-state index contributed by atoms with van der Waals surface area (Å²) in [5.41, 5.74) is 6.47. The monoisotopic (exact) mass is 439 g/mol. The highest BCUT2D eigenvalue weighted by molar-refractivity contribution is 6.23. The van der Waals surface area contributed by atoms with Gasteiger partial charge in [0.15, 0.2) is 0 Å². The number of carbonyl (C=O) groups excluding carboxylic acids is 3. The van der Waals surface area contributed by atoms with Gasteiger partial charge >= 0.3 is 6.09 Å². The molecule has 32 heavy (non-hydrogen) atoms. The molecule has 4 rings (SSSR count). The Balaban J connectivity index is 1.50. The molecule has 0 saturated carbocycles. The van der Waals surface area contributed by atoms with Crippen molar-refractivity contribution < 1.29 is 19.1 Å². The summed E-state index contributed by atoms with van der Waals surface area (Å²) < 4.78 is 6.64. The molecule has 0 aliphatic carbocycles. The molecule has 168 valence electrons. The van der Waals surface area contributed by atoms with Crippen molar-refractivity contribution in [2.24, 2.45) is 0 Å². The van der Waals surface area contributed by atoms with E-state index in [0.29, 0.717) is 31.9 Å². The number of nitrogens with zero attached hydrogens (tertiary/aromatic N) is 3. The van der Waals surface area contributed by atoms with Gasteiger partial charge in [-0.05, 0) is 45.0 Å². The molecule has 1 aromatic heterocycles. The summed E-state index contributed by atoms with van der Waals surface area (Å²) >= 11 is 0. The van der Waals surface area contributed by atoms with Gasteiger partial charge in [0.25, 0.3) is 17.4 Å². The number of fused-ring (bicyclic) bond motifs is 1. The SMILES string of the molecule is CC(C)(C)OC(=O)N1CCN(c2ccc(-n3c(N)c4c(cc3=O)C(=O)NC4=O)cc2)CC1. The second kappa shape index (κ2) is 7.70. The van der Waals surface area contributed by atoms with Crippen LogP contribution in [0.5, 0.6) is 0 Å². The predicted molar refractivity (Wildman–Crippen MR) is 118 cm³/mol. The molecule has 3 amide bonds. The van der Waals surface area contributed by atoms with Crippen molar-refractivity contribution in [3.8, 4) is 5.69 Å². The zero-order valence-corrected chi connectivity index (χ0v) is 18.2. The second-order valence-corrected chi connectivity index (χ2v) is 8.75. The highest BCUT2D eigenvalue weighted by Gasteiger charge is 2.32. The largest absolute Gasteiger partial charge is 0.444 e. The van der Waals surface area contributed by atoms with Gasteiger partial charge in [-0.15, -0.1) is 0 Å². The number of nitrogens with two attached hydrogens (primary N) is 1. The van der Waals surface area contributed by atoms with Crippen LogP contribution >= 0.6 is 0 Å². The molecule has 10 heteroatoms. The number of imide groups is 1. The Bertz CT molecular complexity index is 1150. The fourth-order valence-electron chi connectivity index (χ4n) is 3.83. The van der Waals surface area contributed by atoms with Crippen molar-refractivity contribution in [1.82, 2.24) is 14.8 Å². The topological polar surface area (TPSA) is 127 Å². The van der Waals surface area contributed by atoms with E-state index in [2.05, 4.69) is 10.2 Å². The average molecular weight is 439 g/mol. The number of aromatic nitrogens is 1. The molecule has 0 unspecified atom stereocenters. The van der Waals surface area contributed by atoms with Gasteiger partial charge < -0.3 is 20.3 Å². The fourth-order valence-corrected chi connectivity index (χ4v) is 3.83. The minimum atomic E-state index is -0.623. The molecule has 3 heterocycles. The van der Waals surface area contributed by atoms with Gasteiger partial charge in [-0.25, -0.2) is 4.79 Å². The lowest BCUT2D eigenvalue weighted by molar-refractivity contribution is 0.0240. The number of ether oxygens (including phenoxy) is 1. The lowest BCUT2D eigenvalue weighted by Gasteiger charge is -2.36. The number of rotatable bonds is 2. The summed E-state index contributed by atoms with van der Waals surface area (Å²) in [5.74, 6) is -1.31. The molecule has 1 aromatic carbocycles. The molecule has 3 N–H and O–H groups in total. The van der Waals surface area contributed by atoms with Crippen molar-refractivity contribution in [3.05, 3.63) is 51.8 Å². The third kappa shape index (κ3) is 3.91. The number of piperazine rings is 1. The van der Waals surface area contributed by atoms with Crippen molar-refractivity contribution in [1.29, 1.82) is 0 Å². The normalized spacial score (nSPS) is 16.1. The highest BCUT2D eigenvalue weighted by Crippen LogP contribution is 2.25. The summed E-state index contributed by atoms with van der Waals surface area (Å²) in [6, 6.07) is 8.28. The maximum Gasteiger partial charge on any atom is 0.410 e. The first-order valence-corrected chi connectivity index (χ1v) is 10.3. The van der Waals surface area contributed by atoms with E-state index in [-0.39, 0.29) is 23.0 Å². The van der Waals surface area contributed by atoms with Crippen molar-refractivity contribution in [2.75, 3.05) is 36.8 Å². The summed E-state index contributed by atoms with van der Waals surface area (Å²) in [6.45, 7) is 7.88. The highest BCUT2D eigenvalue weighted by atomic mass is 16.6. The lowest BCUT2D eigenvalue weighted by Crippen LogP contribution is -2.50. The van der Waals surface area contributed by atoms with Crippen LogP contribution in [0.2, 0.25) is 0 Å². The predicted octanol–water partition coefficient (Wildman–Crippen LogP) is 1.36. The van der Waals surface area contributed by atoms with E-state index in [0.717, 1.165) is 11.8 Å². The van der Waals surface area contributed by atoms with Crippen molar-refractivity contribution >= 4 is 29.4 Å². The average Bonchev–Trinajstić information content (AvgIpc) is 3.01. The number of carbonyl (C=O) groups is 3. The number of pyridine rings is 1. The number of hydrogen-bond donors (Lipinski definition) is 2. The molecular weight excluding hydrogens is 414 g/mol. The quantitative estimate of drug-likeness (QED) is 0.677. The Morgan fingerprint density at radius 2 is 1.56 bits per heavy atom. The fraction of sp³-hybridized carbons (Fsp3) is 0.364. The summed E-state index contributed by atoms with van der Waals surface area (Å²) in [5, 5.41) is 2.15. The van der Waals surface area contributed by atoms with E-state index in [1.165, 1.54) is 4.57 Å². The number of nitrogens with one attached hydrogen (secondary N) is 1. The van der Waals surface area contributed by atoms with Crippen LogP contribution in [0.1, 0.15) is 41.5 Å². The lowest BCUT2D eigenvalue weighted by atomic mass is 10.1. The first-order valence-electron chi connectivity index (χ1n) is 10.3. The van der Waals surface area contributed by atoms with Gasteiger partial charge in [-0.3, -0.25) is 24.3 Å². The minimum Gasteiger partial charge on any atom is -0.444 e. The standard InChI is InChI=1S/C22H25N5O5/c1-22(2,3)32-21(31)26-10-8-25(9-11-26)13-4-6-14(7-5-13)27-16(28)12-15-17(18(27)23)20(30)24-19(15)29/h4-7,12H,8-11,23H2,1-3H3,(H,24,29,30). The van der Waals surface area contributed by atoms with Crippen LogP contribution in [-0.4, -0.2) is 59.2 Å². The molecule has 2 aliphatic heterocycles. The van der Waals surface area contributed by atoms with Crippen molar-refractivity contribution in [2.45, 2.75) is 26.4 Å². The zero-order valence-electron chi connectivity index (χ0n) is 18.2. The van der Waals surface area contributed by atoms with E-state index < -0.39 is 23.0 Å². The summed E-state index contributed by atoms with van der Waals surface area (Å²) in [4.78, 5) is 52.5. The molecule has 2 aromatic rings.